The van der Waals surface area contributed by atoms with Gasteiger partial charge in [-0.3, -0.25) is 9.69 Å². The zero-order valence-electron chi connectivity index (χ0n) is 16.1. The number of likely N-dealkylation sites (N-methyl/N-ethyl adjacent to an activating group) is 1. The van der Waals surface area contributed by atoms with Crippen molar-refractivity contribution in [2.45, 2.75) is 13.0 Å². The molecule has 2 aromatic rings. The lowest BCUT2D eigenvalue weighted by atomic mass is 9.99. The summed E-state index contributed by atoms with van der Waals surface area (Å²) in [6.07, 6.45) is 1.59. The van der Waals surface area contributed by atoms with Crippen molar-refractivity contribution >= 4 is 11.7 Å². The van der Waals surface area contributed by atoms with E-state index in [1.165, 1.54) is 0 Å². The van der Waals surface area contributed by atoms with Crippen LogP contribution in [0.3, 0.4) is 0 Å². The lowest BCUT2D eigenvalue weighted by molar-refractivity contribution is -0.136. The largest absolute Gasteiger partial charge is 0.353 e. The maximum atomic E-state index is 13.2. The predicted molar refractivity (Wildman–Crippen MR) is 105 cm³/mol. The monoisotopic (exact) mass is 363 g/mol. The highest BCUT2D eigenvalue weighted by Gasteiger charge is 2.31. The van der Waals surface area contributed by atoms with Gasteiger partial charge in [-0.15, -0.1) is 0 Å². The highest BCUT2D eigenvalue weighted by molar-refractivity contribution is 5.84. The number of piperazine rings is 1. The molecular weight excluding hydrogens is 338 g/mol. The van der Waals surface area contributed by atoms with Crippen molar-refractivity contribution in [3.8, 4) is 6.07 Å². The molecule has 27 heavy (non-hydrogen) atoms. The van der Waals surface area contributed by atoms with Gasteiger partial charge in [0.2, 0.25) is 5.91 Å². The molecule has 6 heteroatoms. The van der Waals surface area contributed by atoms with Gasteiger partial charge < -0.3 is 9.80 Å². The van der Waals surface area contributed by atoms with E-state index in [9.17, 15) is 4.79 Å². The molecule has 1 aliphatic rings. The molecule has 1 aromatic heterocycles. The SMILES string of the molecule is Cc1ccccc1C(C(=O)N1CCN(c2ccc(C#N)cn2)CC1)N(C)C. The van der Waals surface area contributed by atoms with E-state index in [4.69, 9.17) is 5.26 Å². The number of carbonyl (C=O) groups excluding carboxylic acids is 1. The molecule has 0 bridgehead atoms. The number of aromatic nitrogens is 1. The normalized spacial score (nSPS) is 15.5. The summed E-state index contributed by atoms with van der Waals surface area (Å²) < 4.78 is 0. The Morgan fingerprint density at radius 2 is 1.85 bits per heavy atom. The van der Waals surface area contributed by atoms with Gasteiger partial charge in [0, 0.05) is 32.4 Å². The maximum absolute atomic E-state index is 13.2. The van der Waals surface area contributed by atoms with Gasteiger partial charge in [0.05, 0.1) is 5.56 Å². The van der Waals surface area contributed by atoms with Crippen molar-refractivity contribution in [1.82, 2.24) is 14.8 Å². The van der Waals surface area contributed by atoms with Crippen LogP contribution in [0.25, 0.3) is 0 Å². The van der Waals surface area contributed by atoms with Crippen LogP contribution in [0.5, 0.6) is 0 Å². The van der Waals surface area contributed by atoms with Crippen molar-refractivity contribution in [2.24, 2.45) is 0 Å². The fourth-order valence-corrected chi connectivity index (χ4v) is 3.49. The summed E-state index contributed by atoms with van der Waals surface area (Å²) in [6, 6.07) is 13.5. The van der Waals surface area contributed by atoms with Crippen LogP contribution in [-0.2, 0) is 4.79 Å². The minimum absolute atomic E-state index is 0.140. The molecule has 1 amide bonds. The smallest absolute Gasteiger partial charge is 0.244 e. The number of benzene rings is 1. The fraction of sp³-hybridized carbons (Fsp3) is 0.381. The van der Waals surface area contributed by atoms with Crippen LogP contribution in [0.1, 0.15) is 22.7 Å². The summed E-state index contributed by atoms with van der Waals surface area (Å²) in [7, 11) is 3.90. The second-order valence-corrected chi connectivity index (χ2v) is 7.05. The van der Waals surface area contributed by atoms with Crippen LogP contribution in [0.2, 0.25) is 0 Å². The van der Waals surface area contributed by atoms with Crippen molar-refractivity contribution in [2.75, 3.05) is 45.2 Å². The highest BCUT2D eigenvalue weighted by atomic mass is 16.2. The Morgan fingerprint density at radius 3 is 2.41 bits per heavy atom. The number of carbonyl (C=O) groups is 1. The van der Waals surface area contributed by atoms with Crippen molar-refractivity contribution in [3.63, 3.8) is 0 Å². The van der Waals surface area contributed by atoms with E-state index in [0.29, 0.717) is 18.7 Å². The van der Waals surface area contributed by atoms with Crippen LogP contribution in [0, 0.1) is 18.3 Å². The third kappa shape index (κ3) is 4.09. The second-order valence-electron chi connectivity index (χ2n) is 7.05. The van der Waals surface area contributed by atoms with E-state index in [-0.39, 0.29) is 11.9 Å². The quantitative estimate of drug-likeness (QED) is 0.833. The van der Waals surface area contributed by atoms with Gasteiger partial charge in [-0.2, -0.15) is 5.26 Å². The lowest BCUT2D eigenvalue weighted by Gasteiger charge is -2.38. The van der Waals surface area contributed by atoms with Gasteiger partial charge in [0.1, 0.15) is 17.9 Å². The molecule has 3 rings (SSSR count). The molecule has 1 unspecified atom stereocenters. The average molecular weight is 363 g/mol. The van der Waals surface area contributed by atoms with Crippen molar-refractivity contribution in [1.29, 1.82) is 5.26 Å². The van der Waals surface area contributed by atoms with Crippen LogP contribution >= 0.6 is 0 Å². The molecule has 6 nitrogen and oxygen atoms in total. The molecule has 1 fully saturated rings. The average Bonchev–Trinajstić information content (AvgIpc) is 2.69. The minimum atomic E-state index is -0.272. The molecule has 0 N–H and O–H groups in total. The van der Waals surface area contributed by atoms with Crippen LogP contribution < -0.4 is 4.90 Å². The Hall–Kier alpha value is -2.91. The van der Waals surface area contributed by atoms with E-state index in [2.05, 4.69) is 16.0 Å². The predicted octanol–water partition coefficient (Wildman–Crippen LogP) is 2.21. The first kappa shape index (κ1) is 18.9. The molecule has 2 heterocycles. The molecule has 0 radical (unpaired) electrons. The summed E-state index contributed by atoms with van der Waals surface area (Å²) in [5.41, 5.74) is 2.74. The maximum Gasteiger partial charge on any atom is 0.244 e. The zero-order valence-corrected chi connectivity index (χ0v) is 16.1. The molecule has 0 spiro atoms. The number of hydrogen-bond donors (Lipinski definition) is 0. The van der Waals surface area contributed by atoms with Gasteiger partial charge in [0.25, 0.3) is 0 Å². The van der Waals surface area contributed by atoms with Gasteiger partial charge in [-0.1, -0.05) is 24.3 Å². The fourth-order valence-electron chi connectivity index (χ4n) is 3.49. The lowest BCUT2D eigenvalue weighted by Crippen LogP contribution is -2.51. The van der Waals surface area contributed by atoms with E-state index < -0.39 is 0 Å². The number of hydrogen-bond acceptors (Lipinski definition) is 5. The molecule has 1 aromatic carbocycles. The van der Waals surface area contributed by atoms with E-state index in [1.807, 2.05) is 61.2 Å². The Labute approximate surface area is 160 Å². The molecule has 1 atom stereocenters. The molecule has 140 valence electrons. The molecule has 0 aliphatic carbocycles. The Morgan fingerprint density at radius 1 is 1.15 bits per heavy atom. The van der Waals surface area contributed by atoms with Gasteiger partial charge >= 0.3 is 0 Å². The first-order valence-electron chi connectivity index (χ1n) is 9.13. The molecule has 1 saturated heterocycles. The summed E-state index contributed by atoms with van der Waals surface area (Å²) in [5, 5.41) is 8.89. The van der Waals surface area contributed by atoms with Crippen molar-refractivity contribution in [3.05, 3.63) is 59.3 Å². The number of aryl methyl sites for hydroxylation is 1. The number of nitrogens with zero attached hydrogens (tertiary/aromatic N) is 5. The first-order valence-corrected chi connectivity index (χ1v) is 9.13. The van der Waals surface area contributed by atoms with Crippen molar-refractivity contribution < 1.29 is 4.79 Å². The van der Waals surface area contributed by atoms with Crippen LogP contribution in [-0.4, -0.2) is 61.0 Å². The van der Waals surface area contributed by atoms with Gasteiger partial charge in [-0.25, -0.2) is 4.98 Å². The second kappa shape index (κ2) is 8.19. The van der Waals surface area contributed by atoms with Gasteiger partial charge in [-0.05, 0) is 44.3 Å². The highest BCUT2D eigenvalue weighted by Crippen LogP contribution is 2.25. The summed E-state index contributed by atoms with van der Waals surface area (Å²) in [6.45, 7) is 4.85. The molecular formula is C21H25N5O. The number of nitriles is 1. The minimum Gasteiger partial charge on any atom is -0.353 e. The molecule has 0 saturated carbocycles. The number of pyridine rings is 1. The topological polar surface area (TPSA) is 63.5 Å². The Kier molecular flexibility index (Phi) is 5.72. The Bertz CT molecular complexity index is 832. The zero-order chi connectivity index (χ0) is 19.4. The third-order valence-electron chi connectivity index (χ3n) is 5.03. The summed E-state index contributed by atoms with van der Waals surface area (Å²) >= 11 is 0. The standard InChI is InChI=1S/C21H25N5O/c1-16-6-4-5-7-18(16)20(24(2)3)21(27)26-12-10-25(11-13-26)19-9-8-17(14-22)15-23-19/h4-9,15,20H,10-13H2,1-3H3. The number of amides is 1. The van der Waals surface area contributed by atoms with E-state index in [1.54, 1.807) is 12.3 Å². The van der Waals surface area contributed by atoms with E-state index >= 15 is 0 Å². The van der Waals surface area contributed by atoms with E-state index in [0.717, 1.165) is 30.0 Å². The first-order chi connectivity index (χ1) is 13.0. The number of anilines is 1. The van der Waals surface area contributed by atoms with Crippen LogP contribution in [0.15, 0.2) is 42.6 Å². The third-order valence-corrected chi connectivity index (χ3v) is 5.03. The van der Waals surface area contributed by atoms with Gasteiger partial charge in [0.15, 0.2) is 0 Å². The van der Waals surface area contributed by atoms with Crippen LogP contribution in [0.4, 0.5) is 5.82 Å². The Balaban J connectivity index is 1.69. The number of rotatable bonds is 4. The molecule has 1 aliphatic heterocycles. The summed E-state index contributed by atoms with van der Waals surface area (Å²) in [5.74, 6) is 0.992. The summed E-state index contributed by atoms with van der Waals surface area (Å²) in [4.78, 5) is 23.7.